The van der Waals surface area contributed by atoms with Gasteiger partial charge in [0.25, 0.3) is 0 Å². The zero-order chi connectivity index (χ0) is 19.0. The first-order valence-electron chi connectivity index (χ1n) is 9.64. The second-order valence-corrected chi connectivity index (χ2v) is 8.46. The fourth-order valence-electron chi connectivity index (χ4n) is 3.78. The number of aromatic nitrogens is 2. The van der Waals surface area contributed by atoms with Gasteiger partial charge in [0.15, 0.2) is 0 Å². The molecule has 0 bridgehead atoms. The predicted octanol–water partition coefficient (Wildman–Crippen LogP) is 5.02. The largest absolute Gasteiger partial charge is 0.353 e. The van der Waals surface area contributed by atoms with Crippen LogP contribution in [0.25, 0.3) is 21.3 Å². The summed E-state index contributed by atoms with van der Waals surface area (Å²) in [6.45, 7) is 11.7. The van der Waals surface area contributed by atoms with Gasteiger partial charge in [-0.3, -0.25) is 0 Å². The summed E-state index contributed by atoms with van der Waals surface area (Å²) < 4.78 is 0. The van der Waals surface area contributed by atoms with E-state index in [0.29, 0.717) is 5.28 Å². The number of halogens is 1. The smallest absolute Gasteiger partial charge is 0.225 e. The van der Waals surface area contributed by atoms with E-state index in [4.69, 9.17) is 16.6 Å². The Kier molecular flexibility index (Phi) is 5.35. The molecule has 1 aliphatic heterocycles. The van der Waals surface area contributed by atoms with E-state index in [1.165, 1.54) is 21.6 Å². The SMILES string of the molecule is CCc1sc2nc(Cl)nc(N3CCN(CC)CC3)c2c1-c1ccc(C)cc1. The van der Waals surface area contributed by atoms with Crippen LogP contribution in [0.3, 0.4) is 0 Å². The van der Waals surface area contributed by atoms with Crippen LogP contribution in [0.5, 0.6) is 0 Å². The van der Waals surface area contributed by atoms with Gasteiger partial charge in [0.2, 0.25) is 5.28 Å². The van der Waals surface area contributed by atoms with Crippen molar-refractivity contribution in [2.45, 2.75) is 27.2 Å². The number of piperazine rings is 1. The van der Waals surface area contributed by atoms with Crippen molar-refractivity contribution in [3.63, 3.8) is 0 Å². The van der Waals surface area contributed by atoms with Crippen molar-refractivity contribution in [3.8, 4) is 11.1 Å². The fraction of sp³-hybridized carbons (Fsp3) is 0.429. The van der Waals surface area contributed by atoms with Crippen molar-refractivity contribution in [1.29, 1.82) is 0 Å². The second kappa shape index (κ2) is 7.74. The number of fused-ring (bicyclic) bond motifs is 1. The molecule has 4 nitrogen and oxygen atoms in total. The Hall–Kier alpha value is -1.69. The number of benzene rings is 1. The van der Waals surface area contributed by atoms with Gasteiger partial charge in [-0.25, -0.2) is 4.98 Å². The lowest BCUT2D eigenvalue weighted by molar-refractivity contribution is 0.271. The minimum Gasteiger partial charge on any atom is -0.353 e. The van der Waals surface area contributed by atoms with Gasteiger partial charge >= 0.3 is 0 Å². The molecule has 0 unspecified atom stereocenters. The number of aryl methyl sites for hydroxylation is 2. The standard InChI is InChI=1S/C21H25ClN4S/c1-4-16-17(15-8-6-14(3)7-9-15)18-19(23-21(22)24-20(18)27-16)26-12-10-25(5-2)11-13-26/h6-9H,4-5,10-13H2,1-3H3. The summed E-state index contributed by atoms with van der Waals surface area (Å²) in [6.07, 6.45) is 0.977. The van der Waals surface area contributed by atoms with Gasteiger partial charge in [-0.1, -0.05) is 43.7 Å². The Bertz CT molecular complexity index is 943. The number of hydrogen-bond acceptors (Lipinski definition) is 5. The molecule has 1 aromatic carbocycles. The van der Waals surface area contributed by atoms with Gasteiger partial charge in [-0.2, -0.15) is 4.98 Å². The summed E-state index contributed by atoms with van der Waals surface area (Å²) in [5.41, 5.74) is 3.79. The molecular weight excluding hydrogens is 376 g/mol. The van der Waals surface area contributed by atoms with Gasteiger partial charge < -0.3 is 9.80 Å². The normalized spacial score (nSPS) is 15.6. The van der Waals surface area contributed by atoms with Crippen molar-refractivity contribution in [3.05, 3.63) is 40.0 Å². The van der Waals surface area contributed by atoms with Crippen molar-refractivity contribution >= 4 is 39.0 Å². The first-order valence-corrected chi connectivity index (χ1v) is 10.8. The molecule has 2 aromatic heterocycles. The molecule has 1 aliphatic rings. The maximum Gasteiger partial charge on any atom is 0.225 e. The minimum atomic E-state index is 0.342. The van der Waals surface area contributed by atoms with E-state index in [9.17, 15) is 0 Å². The molecule has 27 heavy (non-hydrogen) atoms. The molecule has 0 spiro atoms. The van der Waals surface area contributed by atoms with E-state index in [-0.39, 0.29) is 0 Å². The molecule has 0 saturated carbocycles. The number of thiophene rings is 1. The van der Waals surface area contributed by atoms with Crippen molar-refractivity contribution in [1.82, 2.24) is 14.9 Å². The quantitative estimate of drug-likeness (QED) is 0.575. The van der Waals surface area contributed by atoms with Crippen LogP contribution >= 0.6 is 22.9 Å². The van der Waals surface area contributed by atoms with Crippen LogP contribution in [-0.4, -0.2) is 47.6 Å². The zero-order valence-corrected chi connectivity index (χ0v) is 17.7. The van der Waals surface area contributed by atoms with Crippen LogP contribution in [-0.2, 0) is 6.42 Å². The first kappa shape index (κ1) is 18.7. The number of nitrogens with zero attached hydrogens (tertiary/aromatic N) is 4. The highest BCUT2D eigenvalue weighted by molar-refractivity contribution is 7.19. The lowest BCUT2D eigenvalue weighted by Gasteiger charge is -2.35. The zero-order valence-electron chi connectivity index (χ0n) is 16.1. The van der Waals surface area contributed by atoms with E-state index >= 15 is 0 Å². The third-order valence-corrected chi connectivity index (χ3v) is 6.76. The maximum absolute atomic E-state index is 6.32. The molecule has 142 valence electrons. The van der Waals surface area contributed by atoms with Crippen molar-refractivity contribution < 1.29 is 0 Å². The molecule has 1 saturated heterocycles. The van der Waals surface area contributed by atoms with Crippen LogP contribution in [0.2, 0.25) is 5.28 Å². The average molecular weight is 401 g/mol. The Labute approximate surface area is 169 Å². The van der Waals surface area contributed by atoms with Gasteiger partial charge in [0.1, 0.15) is 10.6 Å². The van der Waals surface area contributed by atoms with Gasteiger partial charge in [0, 0.05) is 36.6 Å². The molecular formula is C21H25ClN4S. The number of hydrogen-bond donors (Lipinski definition) is 0. The summed E-state index contributed by atoms with van der Waals surface area (Å²) >= 11 is 8.07. The van der Waals surface area contributed by atoms with E-state index < -0.39 is 0 Å². The van der Waals surface area contributed by atoms with Gasteiger partial charge in [-0.15, -0.1) is 11.3 Å². The Morgan fingerprint density at radius 3 is 2.37 bits per heavy atom. The van der Waals surface area contributed by atoms with Crippen LogP contribution in [0.4, 0.5) is 5.82 Å². The molecule has 0 aliphatic carbocycles. The number of anilines is 1. The van der Waals surface area contributed by atoms with Crippen molar-refractivity contribution in [2.24, 2.45) is 0 Å². The molecule has 0 atom stereocenters. The lowest BCUT2D eigenvalue weighted by Crippen LogP contribution is -2.46. The van der Waals surface area contributed by atoms with E-state index in [0.717, 1.165) is 55.2 Å². The van der Waals surface area contributed by atoms with E-state index in [2.05, 4.69) is 59.8 Å². The van der Waals surface area contributed by atoms with Gasteiger partial charge in [-0.05, 0) is 37.1 Å². The maximum atomic E-state index is 6.32. The van der Waals surface area contributed by atoms with Crippen LogP contribution in [0, 0.1) is 6.92 Å². The van der Waals surface area contributed by atoms with Crippen molar-refractivity contribution in [2.75, 3.05) is 37.6 Å². The highest BCUT2D eigenvalue weighted by Gasteiger charge is 2.24. The highest BCUT2D eigenvalue weighted by atomic mass is 35.5. The topological polar surface area (TPSA) is 32.3 Å². The Morgan fingerprint density at radius 2 is 1.74 bits per heavy atom. The summed E-state index contributed by atoms with van der Waals surface area (Å²) in [5.74, 6) is 0.993. The van der Waals surface area contributed by atoms with Crippen LogP contribution < -0.4 is 4.90 Å². The summed E-state index contributed by atoms with van der Waals surface area (Å²) in [7, 11) is 0. The molecule has 4 rings (SSSR count). The van der Waals surface area contributed by atoms with Crippen LogP contribution in [0.15, 0.2) is 24.3 Å². The number of likely N-dealkylation sites (N-methyl/N-ethyl adjacent to an activating group) is 1. The predicted molar refractivity (Wildman–Crippen MR) is 116 cm³/mol. The molecule has 0 radical (unpaired) electrons. The highest BCUT2D eigenvalue weighted by Crippen LogP contribution is 2.43. The van der Waals surface area contributed by atoms with E-state index in [1.54, 1.807) is 11.3 Å². The third kappa shape index (κ3) is 3.56. The summed E-state index contributed by atoms with van der Waals surface area (Å²) in [4.78, 5) is 16.5. The molecule has 0 amide bonds. The molecule has 0 N–H and O–H groups in total. The summed E-state index contributed by atoms with van der Waals surface area (Å²) in [5, 5.41) is 1.50. The lowest BCUT2D eigenvalue weighted by atomic mass is 10.0. The molecule has 3 heterocycles. The fourth-order valence-corrected chi connectivity index (χ4v) is 5.12. The second-order valence-electron chi connectivity index (χ2n) is 7.04. The average Bonchev–Trinajstić information content (AvgIpc) is 3.06. The first-order chi connectivity index (χ1) is 13.1. The minimum absolute atomic E-state index is 0.342. The third-order valence-electron chi connectivity index (χ3n) is 5.36. The van der Waals surface area contributed by atoms with E-state index in [1.807, 2.05) is 0 Å². The summed E-state index contributed by atoms with van der Waals surface area (Å²) in [6, 6.07) is 8.77. The monoisotopic (exact) mass is 400 g/mol. The Balaban J connectivity index is 1.88. The molecule has 3 aromatic rings. The molecule has 6 heteroatoms. The Morgan fingerprint density at radius 1 is 1.04 bits per heavy atom. The van der Waals surface area contributed by atoms with Crippen LogP contribution in [0.1, 0.15) is 24.3 Å². The molecule has 1 fully saturated rings. The van der Waals surface area contributed by atoms with Gasteiger partial charge in [0.05, 0.1) is 5.39 Å². The number of rotatable bonds is 4.